The fraction of sp³-hybridized carbons (Fsp3) is 0.533. The maximum absolute atomic E-state index is 11.3. The topological polar surface area (TPSA) is 48.0 Å². The van der Waals surface area contributed by atoms with Crippen LogP contribution in [-0.2, 0) is 14.3 Å². The number of hydrogen-bond donors (Lipinski definition) is 0. The van der Waals surface area contributed by atoms with Crippen LogP contribution in [0.25, 0.3) is 0 Å². The van der Waals surface area contributed by atoms with E-state index < -0.39 is 0 Å². The molecule has 0 radical (unpaired) electrons. The molecule has 0 unspecified atom stereocenters. The summed E-state index contributed by atoms with van der Waals surface area (Å²) in [6.07, 6.45) is -0.0188. The fourth-order valence-corrected chi connectivity index (χ4v) is 2.10. The Hall–Kier alpha value is -1.59. The number of methoxy groups -OCH3 is 1. The van der Waals surface area contributed by atoms with E-state index in [1.165, 1.54) is 12.7 Å². The fourth-order valence-electron chi connectivity index (χ4n) is 2.10. The second-order valence-corrected chi connectivity index (χ2v) is 4.93. The van der Waals surface area contributed by atoms with Gasteiger partial charge < -0.3 is 14.2 Å². The van der Waals surface area contributed by atoms with Crippen LogP contribution in [0.15, 0.2) is 24.3 Å². The lowest BCUT2D eigenvalue weighted by atomic mass is 10.2. The van der Waals surface area contributed by atoms with Gasteiger partial charge in [-0.25, -0.2) is 0 Å². The third-order valence-corrected chi connectivity index (χ3v) is 3.26. The molecule has 0 spiro atoms. The van der Waals surface area contributed by atoms with E-state index in [1.807, 2.05) is 36.1 Å². The van der Waals surface area contributed by atoms with Crippen LogP contribution in [0.3, 0.4) is 0 Å². The van der Waals surface area contributed by atoms with Crippen LogP contribution in [0.4, 0.5) is 0 Å². The summed E-state index contributed by atoms with van der Waals surface area (Å²) in [6.45, 7) is 4.87. The van der Waals surface area contributed by atoms with Crippen molar-refractivity contribution in [3.05, 3.63) is 29.8 Å². The van der Waals surface area contributed by atoms with E-state index in [0.717, 1.165) is 12.3 Å². The first-order valence-corrected chi connectivity index (χ1v) is 6.77. The van der Waals surface area contributed by atoms with Crippen molar-refractivity contribution in [1.82, 2.24) is 4.90 Å². The van der Waals surface area contributed by atoms with Gasteiger partial charge in [-0.3, -0.25) is 9.69 Å². The quantitative estimate of drug-likeness (QED) is 0.759. The molecule has 1 aromatic rings. The minimum Gasteiger partial charge on any atom is -0.491 e. The molecule has 1 aliphatic rings. The van der Waals surface area contributed by atoms with Gasteiger partial charge in [-0.2, -0.15) is 0 Å². The standard InChI is InChI=1S/C15H21NO4/c1-12-3-5-13(6-4-12)20-11-14-9-16(7-8-19-14)10-15(17)18-2/h3-6,14H,7-11H2,1-2H3/t14-/m1/s1. The van der Waals surface area contributed by atoms with Gasteiger partial charge in [-0.1, -0.05) is 17.7 Å². The summed E-state index contributed by atoms with van der Waals surface area (Å²) in [7, 11) is 1.40. The molecule has 5 heteroatoms. The van der Waals surface area contributed by atoms with Gasteiger partial charge in [-0.05, 0) is 19.1 Å². The predicted molar refractivity (Wildman–Crippen MR) is 74.9 cm³/mol. The zero-order valence-electron chi connectivity index (χ0n) is 12.0. The zero-order valence-corrected chi connectivity index (χ0v) is 12.0. The average Bonchev–Trinajstić information content (AvgIpc) is 2.47. The maximum atomic E-state index is 11.3. The molecule has 0 saturated carbocycles. The highest BCUT2D eigenvalue weighted by Gasteiger charge is 2.22. The number of aryl methyl sites for hydroxylation is 1. The maximum Gasteiger partial charge on any atom is 0.319 e. The molecule has 1 heterocycles. The average molecular weight is 279 g/mol. The number of carbonyl (C=O) groups excluding carboxylic acids is 1. The third-order valence-electron chi connectivity index (χ3n) is 3.26. The number of carbonyl (C=O) groups is 1. The Bertz CT molecular complexity index is 432. The Balaban J connectivity index is 1.78. The van der Waals surface area contributed by atoms with Gasteiger partial charge in [-0.15, -0.1) is 0 Å². The molecule has 1 aliphatic heterocycles. The van der Waals surface area contributed by atoms with Crippen LogP contribution < -0.4 is 4.74 Å². The normalized spacial score (nSPS) is 19.6. The number of ether oxygens (including phenoxy) is 3. The Morgan fingerprint density at radius 2 is 2.15 bits per heavy atom. The van der Waals surface area contributed by atoms with Crippen molar-refractivity contribution in [3.63, 3.8) is 0 Å². The lowest BCUT2D eigenvalue weighted by molar-refractivity contribution is -0.144. The van der Waals surface area contributed by atoms with Gasteiger partial charge in [0.15, 0.2) is 0 Å². The minimum atomic E-state index is -0.217. The summed E-state index contributed by atoms with van der Waals surface area (Å²) in [5.74, 6) is 0.620. The summed E-state index contributed by atoms with van der Waals surface area (Å²) >= 11 is 0. The number of morpholine rings is 1. The lowest BCUT2D eigenvalue weighted by Gasteiger charge is -2.31. The third kappa shape index (κ3) is 4.51. The van der Waals surface area contributed by atoms with Gasteiger partial charge in [0.2, 0.25) is 0 Å². The molecular weight excluding hydrogens is 258 g/mol. The van der Waals surface area contributed by atoms with Gasteiger partial charge >= 0.3 is 5.97 Å². The molecule has 1 aromatic carbocycles. The van der Waals surface area contributed by atoms with Gasteiger partial charge in [0, 0.05) is 13.1 Å². The van der Waals surface area contributed by atoms with Gasteiger partial charge in [0.05, 0.1) is 20.3 Å². The van der Waals surface area contributed by atoms with E-state index in [9.17, 15) is 4.79 Å². The number of rotatable bonds is 5. The zero-order chi connectivity index (χ0) is 14.4. The van der Waals surface area contributed by atoms with E-state index in [0.29, 0.717) is 26.3 Å². The highest BCUT2D eigenvalue weighted by atomic mass is 16.5. The Kier molecular flexibility index (Phi) is 5.38. The van der Waals surface area contributed by atoms with Crippen molar-refractivity contribution >= 4 is 5.97 Å². The van der Waals surface area contributed by atoms with E-state index in [1.54, 1.807) is 0 Å². The van der Waals surface area contributed by atoms with E-state index >= 15 is 0 Å². The monoisotopic (exact) mass is 279 g/mol. The molecule has 0 bridgehead atoms. The van der Waals surface area contributed by atoms with Crippen LogP contribution >= 0.6 is 0 Å². The first-order valence-electron chi connectivity index (χ1n) is 6.77. The van der Waals surface area contributed by atoms with Crippen LogP contribution in [0, 0.1) is 6.92 Å². The first kappa shape index (κ1) is 14.8. The summed E-state index contributed by atoms with van der Waals surface area (Å²) in [5.41, 5.74) is 1.20. The molecule has 1 saturated heterocycles. The molecule has 5 nitrogen and oxygen atoms in total. The van der Waals surface area contributed by atoms with Crippen LogP contribution in [0.1, 0.15) is 5.56 Å². The molecule has 0 N–H and O–H groups in total. The molecule has 0 aromatic heterocycles. The molecule has 1 fully saturated rings. The molecule has 1 atom stereocenters. The molecular formula is C15H21NO4. The van der Waals surface area contributed by atoms with Crippen molar-refractivity contribution in [3.8, 4) is 5.75 Å². The lowest BCUT2D eigenvalue weighted by Crippen LogP contribution is -2.46. The second-order valence-electron chi connectivity index (χ2n) is 4.93. The molecule has 20 heavy (non-hydrogen) atoms. The number of nitrogens with zero attached hydrogens (tertiary/aromatic N) is 1. The Morgan fingerprint density at radius 3 is 2.85 bits per heavy atom. The molecule has 110 valence electrons. The summed E-state index contributed by atoms with van der Waals surface area (Å²) in [5, 5.41) is 0. The summed E-state index contributed by atoms with van der Waals surface area (Å²) in [4.78, 5) is 13.3. The number of hydrogen-bond acceptors (Lipinski definition) is 5. The Labute approximate surface area is 119 Å². The van der Waals surface area contributed by atoms with Crippen molar-refractivity contribution in [1.29, 1.82) is 0 Å². The molecule has 0 amide bonds. The smallest absolute Gasteiger partial charge is 0.319 e. The number of esters is 1. The summed E-state index contributed by atoms with van der Waals surface area (Å²) in [6, 6.07) is 7.93. The number of benzene rings is 1. The Morgan fingerprint density at radius 1 is 1.40 bits per heavy atom. The largest absolute Gasteiger partial charge is 0.491 e. The van der Waals surface area contributed by atoms with Crippen LogP contribution in [0.2, 0.25) is 0 Å². The molecule has 0 aliphatic carbocycles. The van der Waals surface area contributed by atoms with Gasteiger partial charge in [0.1, 0.15) is 18.5 Å². The second kappa shape index (κ2) is 7.26. The van der Waals surface area contributed by atoms with E-state index in [-0.39, 0.29) is 12.1 Å². The predicted octanol–water partition coefficient (Wildman–Crippen LogP) is 1.25. The van der Waals surface area contributed by atoms with Crippen molar-refractivity contribution in [2.24, 2.45) is 0 Å². The van der Waals surface area contributed by atoms with Crippen LogP contribution in [-0.4, -0.2) is 56.9 Å². The SMILES string of the molecule is COC(=O)CN1CCO[C@@H](COc2ccc(C)cc2)C1. The highest BCUT2D eigenvalue weighted by Crippen LogP contribution is 2.13. The van der Waals surface area contributed by atoms with Crippen molar-refractivity contribution < 1.29 is 19.0 Å². The minimum absolute atomic E-state index is 0.0188. The van der Waals surface area contributed by atoms with Crippen molar-refractivity contribution in [2.75, 3.05) is 40.0 Å². The van der Waals surface area contributed by atoms with E-state index in [2.05, 4.69) is 4.74 Å². The van der Waals surface area contributed by atoms with Crippen LogP contribution in [0.5, 0.6) is 5.75 Å². The van der Waals surface area contributed by atoms with Gasteiger partial charge in [0.25, 0.3) is 0 Å². The summed E-state index contributed by atoms with van der Waals surface area (Å²) < 4.78 is 16.0. The first-order chi connectivity index (χ1) is 9.67. The van der Waals surface area contributed by atoms with E-state index in [4.69, 9.17) is 9.47 Å². The highest BCUT2D eigenvalue weighted by molar-refractivity contribution is 5.71. The molecule has 2 rings (SSSR count). The van der Waals surface area contributed by atoms with Crippen molar-refractivity contribution in [2.45, 2.75) is 13.0 Å².